The molecule has 0 aliphatic rings. The van der Waals surface area contributed by atoms with Crippen LogP contribution in [0.2, 0.25) is 0 Å². The van der Waals surface area contributed by atoms with Crippen LogP contribution in [0.4, 0.5) is 0 Å². The summed E-state index contributed by atoms with van der Waals surface area (Å²) in [6.07, 6.45) is 23.5. The molecule has 26 heavy (non-hydrogen) atoms. The summed E-state index contributed by atoms with van der Waals surface area (Å²) in [5.41, 5.74) is 0. The van der Waals surface area contributed by atoms with Crippen LogP contribution in [0.5, 0.6) is 0 Å². The lowest BCUT2D eigenvalue weighted by Crippen LogP contribution is -2.21. The van der Waals surface area contributed by atoms with E-state index in [0.717, 1.165) is 38.5 Å². The van der Waals surface area contributed by atoms with Crippen LogP contribution in [0.15, 0.2) is 36.5 Å². The highest BCUT2D eigenvalue weighted by Gasteiger charge is 2.10. The van der Waals surface area contributed by atoms with Gasteiger partial charge in [0.2, 0.25) is 0 Å². The van der Waals surface area contributed by atoms with Crippen molar-refractivity contribution in [2.24, 2.45) is 0 Å². The van der Waals surface area contributed by atoms with E-state index in [1.54, 1.807) is 6.92 Å². The summed E-state index contributed by atoms with van der Waals surface area (Å²) in [5, 5.41) is 0. The van der Waals surface area contributed by atoms with Crippen molar-refractivity contribution in [2.45, 2.75) is 104 Å². The van der Waals surface area contributed by atoms with Gasteiger partial charge in [-0.05, 0) is 59.3 Å². The molecule has 150 valence electrons. The molecule has 0 aromatic heterocycles. The van der Waals surface area contributed by atoms with Crippen LogP contribution in [0.1, 0.15) is 91.9 Å². The van der Waals surface area contributed by atoms with E-state index in [4.69, 9.17) is 9.47 Å². The van der Waals surface area contributed by atoms with Crippen LogP contribution < -0.4 is 0 Å². The first kappa shape index (κ1) is 24.7. The summed E-state index contributed by atoms with van der Waals surface area (Å²) in [6, 6.07) is 0. The van der Waals surface area contributed by atoms with Crippen molar-refractivity contribution in [2.75, 3.05) is 0 Å². The molecule has 0 aliphatic heterocycles. The molecule has 0 saturated heterocycles. The van der Waals surface area contributed by atoms with Gasteiger partial charge in [-0.15, -0.1) is 0 Å². The third kappa shape index (κ3) is 19.0. The largest absolute Gasteiger partial charge is 0.436 e. The number of esters is 1. The smallest absolute Gasteiger partial charge is 0.308 e. The maximum absolute atomic E-state index is 11.6. The van der Waals surface area contributed by atoms with Gasteiger partial charge in [0.15, 0.2) is 6.29 Å². The molecule has 0 radical (unpaired) electrons. The fourth-order valence-electron chi connectivity index (χ4n) is 2.54. The second-order valence-electron chi connectivity index (χ2n) is 6.84. The number of rotatable bonds is 16. The average Bonchev–Trinajstić information content (AvgIpc) is 2.57. The van der Waals surface area contributed by atoms with Crippen LogP contribution in [0, 0.1) is 0 Å². The van der Waals surface area contributed by atoms with E-state index in [1.807, 2.05) is 13.8 Å². The molecule has 0 spiro atoms. The van der Waals surface area contributed by atoms with Crippen molar-refractivity contribution < 1.29 is 14.3 Å². The predicted molar refractivity (Wildman–Crippen MR) is 111 cm³/mol. The number of carbonyl (C=O) groups excluding carboxylic acids is 1. The van der Waals surface area contributed by atoms with Crippen LogP contribution in [0.3, 0.4) is 0 Å². The van der Waals surface area contributed by atoms with Crippen molar-refractivity contribution in [1.82, 2.24) is 0 Å². The van der Waals surface area contributed by atoms with E-state index in [0.29, 0.717) is 6.42 Å². The van der Waals surface area contributed by atoms with Crippen LogP contribution >= 0.6 is 0 Å². The van der Waals surface area contributed by atoms with E-state index in [1.165, 1.54) is 19.3 Å². The van der Waals surface area contributed by atoms with Crippen LogP contribution in [-0.4, -0.2) is 18.4 Å². The molecule has 0 amide bonds. The van der Waals surface area contributed by atoms with E-state index in [-0.39, 0.29) is 12.1 Å². The molecule has 0 heterocycles. The minimum Gasteiger partial charge on any atom is -0.436 e. The summed E-state index contributed by atoms with van der Waals surface area (Å²) < 4.78 is 10.6. The molecule has 0 saturated carbocycles. The average molecular weight is 365 g/mol. The molecule has 0 aromatic rings. The van der Waals surface area contributed by atoms with Crippen molar-refractivity contribution in [1.29, 1.82) is 0 Å². The summed E-state index contributed by atoms with van der Waals surface area (Å²) in [6.45, 7) is 7.79. The second kappa shape index (κ2) is 18.4. The first-order valence-corrected chi connectivity index (χ1v) is 10.4. The first-order chi connectivity index (χ1) is 12.6. The lowest BCUT2D eigenvalue weighted by atomic mass is 10.1. The molecular formula is C23H40O3. The number of hydrogen-bond acceptors (Lipinski definition) is 3. The molecule has 0 N–H and O–H groups in total. The van der Waals surface area contributed by atoms with Gasteiger partial charge in [0.05, 0.1) is 6.10 Å². The van der Waals surface area contributed by atoms with Gasteiger partial charge in [-0.1, -0.05) is 62.6 Å². The lowest BCUT2D eigenvalue weighted by Gasteiger charge is -2.16. The Hall–Kier alpha value is -1.35. The van der Waals surface area contributed by atoms with Crippen LogP contribution in [-0.2, 0) is 14.3 Å². The van der Waals surface area contributed by atoms with Gasteiger partial charge in [0, 0.05) is 6.42 Å². The molecule has 0 bridgehead atoms. The molecule has 0 aromatic carbocycles. The number of allylic oxidation sites excluding steroid dienone is 6. The quantitative estimate of drug-likeness (QED) is 0.129. The minimum atomic E-state index is -0.447. The lowest BCUT2D eigenvalue weighted by molar-refractivity contribution is -0.181. The maximum Gasteiger partial charge on any atom is 0.308 e. The standard InChI is InChI=1S/C23H40O3/c1-5-6-7-8-9-10-11-12-13-14-15-16-17-18-19-20-23(24)26-22(4)25-21(2)3/h6-7,9-10,12-13,21-22H,5,8,11,14-20H2,1-4H3/b7-6-,10-9-,13-12-. The van der Waals surface area contributed by atoms with E-state index < -0.39 is 6.29 Å². The highest BCUT2D eigenvalue weighted by molar-refractivity contribution is 5.69. The Morgan fingerprint density at radius 3 is 2.04 bits per heavy atom. The first-order valence-electron chi connectivity index (χ1n) is 10.4. The Labute approximate surface area is 161 Å². The minimum absolute atomic E-state index is 0.0748. The maximum atomic E-state index is 11.6. The number of hydrogen-bond donors (Lipinski definition) is 0. The Morgan fingerprint density at radius 1 is 0.808 bits per heavy atom. The summed E-state index contributed by atoms with van der Waals surface area (Å²) in [4.78, 5) is 11.6. The van der Waals surface area contributed by atoms with Crippen molar-refractivity contribution in [3.63, 3.8) is 0 Å². The number of carbonyl (C=O) groups is 1. The van der Waals surface area contributed by atoms with Gasteiger partial charge in [0.1, 0.15) is 0 Å². The highest BCUT2D eigenvalue weighted by Crippen LogP contribution is 2.09. The van der Waals surface area contributed by atoms with Crippen molar-refractivity contribution in [3.8, 4) is 0 Å². The van der Waals surface area contributed by atoms with Gasteiger partial charge in [-0.25, -0.2) is 0 Å². The number of unbranched alkanes of at least 4 members (excludes halogenated alkanes) is 5. The zero-order valence-electron chi connectivity index (χ0n) is 17.4. The van der Waals surface area contributed by atoms with Crippen LogP contribution in [0.25, 0.3) is 0 Å². The Balaban J connectivity index is 3.41. The van der Waals surface area contributed by atoms with Gasteiger partial charge in [-0.3, -0.25) is 4.79 Å². The van der Waals surface area contributed by atoms with E-state index >= 15 is 0 Å². The molecule has 0 aliphatic carbocycles. The van der Waals surface area contributed by atoms with Crippen molar-refractivity contribution >= 4 is 5.97 Å². The molecule has 1 unspecified atom stereocenters. The third-order valence-electron chi connectivity index (χ3n) is 3.79. The summed E-state index contributed by atoms with van der Waals surface area (Å²) in [7, 11) is 0. The predicted octanol–water partition coefficient (Wildman–Crippen LogP) is 6.89. The molecule has 0 rings (SSSR count). The van der Waals surface area contributed by atoms with Gasteiger partial charge < -0.3 is 9.47 Å². The fourth-order valence-corrected chi connectivity index (χ4v) is 2.54. The second-order valence-corrected chi connectivity index (χ2v) is 6.84. The molecule has 3 nitrogen and oxygen atoms in total. The molecule has 3 heteroatoms. The normalized spacial score (nSPS) is 13.4. The van der Waals surface area contributed by atoms with Gasteiger partial charge in [-0.2, -0.15) is 0 Å². The van der Waals surface area contributed by atoms with E-state index in [2.05, 4.69) is 43.4 Å². The zero-order valence-corrected chi connectivity index (χ0v) is 17.4. The zero-order chi connectivity index (χ0) is 19.5. The Kier molecular flexibility index (Phi) is 17.5. The Morgan fingerprint density at radius 2 is 1.38 bits per heavy atom. The monoisotopic (exact) mass is 364 g/mol. The van der Waals surface area contributed by atoms with Gasteiger partial charge in [0.25, 0.3) is 0 Å². The molecular weight excluding hydrogens is 324 g/mol. The topological polar surface area (TPSA) is 35.5 Å². The summed E-state index contributed by atoms with van der Waals surface area (Å²) >= 11 is 0. The van der Waals surface area contributed by atoms with Crippen molar-refractivity contribution in [3.05, 3.63) is 36.5 Å². The SMILES string of the molecule is CC/C=C\C/C=C\C/C=C\CCCCCCCC(=O)OC(C)OC(C)C. The Bertz CT molecular complexity index is 408. The van der Waals surface area contributed by atoms with Gasteiger partial charge >= 0.3 is 5.97 Å². The highest BCUT2D eigenvalue weighted by atomic mass is 16.7. The molecule has 0 fully saturated rings. The fraction of sp³-hybridized carbons (Fsp3) is 0.696. The molecule has 1 atom stereocenters. The number of ether oxygens (including phenoxy) is 2. The third-order valence-corrected chi connectivity index (χ3v) is 3.79. The summed E-state index contributed by atoms with van der Waals surface area (Å²) in [5.74, 6) is -0.153. The van der Waals surface area contributed by atoms with E-state index in [9.17, 15) is 4.79 Å².